The van der Waals surface area contributed by atoms with E-state index in [1.165, 1.54) is 0 Å². The van der Waals surface area contributed by atoms with E-state index in [1.807, 2.05) is 4.90 Å². The van der Waals surface area contributed by atoms with Crippen molar-refractivity contribution < 1.29 is 4.79 Å². The van der Waals surface area contributed by atoms with E-state index < -0.39 is 0 Å². The van der Waals surface area contributed by atoms with Gasteiger partial charge in [-0.25, -0.2) is 4.79 Å². The number of urea groups is 1. The maximum atomic E-state index is 11.4. The summed E-state index contributed by atoms with van der Waals surface area (Å²) in [5.41, 5.74) is 0. The molecule has 1 heterocycles. The Morgan fingerprint density at radius 1 is 1.31 bits per heavy atom. The minimum atomic E-state index is 0.0347. The average molecular weight is 185 g/mol. The number of carbonyl (C=O) groups is 1. The number of likely N-dealkylation sites (N-methyl/N-ethyl adjacent to an activating group) is 1. The first kappa shape index (κ1) is 10.3. The lowest BCUT2D eigenvalue weighted by molar-refractivity contribution is 0.0819. The second-order valence-electron chi connectivity index (χ2n) is 3.85. The second kappa shape index (κ2) is 3.96. The van der Waals surface area contributed by atoms with Gasteiger partial charge >= 0.3 is 6.03 Å². The molecule has 1 fully saturated rings. The van der Waals surface area contributed by atoms with Gasteiger partial charge in [-0.05, 0) is 20.9 Å². The van der Waals surface area contributed by atoms with E-state index in [4.69, 9.17) is 0 Å². The van der Waals surface area contributed by atoms with Gasteiger partial charge < -0.3 is 10.2 Å². The van der Waals surface area contributed by atoms with Crippen LogP contribution in [0.1, 0.15) is 13.8 Å². The SMILES string of the molecule is CNC(=O)N1CC(C)N(C)CC1C. The summed E-state index contributed by atoms with van der Waals surface area (Å²) in [4.78, 5) is 15.6. The third-order valence-corrected chi connectivity index (χ3v) is 2.77. The van der Waals surface area contributed by atoms with E-state index in [0.717, 1.165) is 13.1 Å². The molecule has 0 aliphatic carbocycles. The van der Waals surface area contributed by atoms with Crippen molar-refractivity contribution in [1.82, 2.24) is 15.1 Å². The van der Waals surface area contributed by atoms with Crippen molar-refractivity contribution in [3.8, 4) is 0 Å². The summed E-state index contributed by atoms with van der Waals surface area (Å²) in [6.45, 7) is 5.99. The fraction of sp³-hybridized carbons (Fsp3) is 0.889. The molecule has 1 rings (SSSR count). The molecule has 0 aromatic heterocycles. The van der Waals surface area contributed by atoms with Crippen molar-refractivity contribution in [3.63, 3.8) is 0 Å². The Kier molecular flexibility index (Phi) is 3.14. The standard InChI is InChI=1S/C9H19N3O/c1-7-6-12(9(13)10-3)8(2)5-11(7)4/h7-8H,5-6H2,1-4H3,(H,10,13). The lowest BCUT2D eigenvalue weighted by Gasteiger charge is -2.42. The van der Waals surface area contributed by atoms with Gasteiger partial charge in [0.25, 0.3) is 0 Å². The lowest BCUT2D eigenvalue weighted by Crippen LogP contribution is -2.58. The Balaban J connectivity index is 2.61. The molecule has 1 aliphatic rings. The number of nitrogens with zero attached hydrogens (tertiary/aromatic N) is 2. The molecule has 4 heteroatoms. The van der Waals surface area contributed by atoms with Crippen LogP contribution < -0.4 is 5.32 Å². The van der Waals surface area contributed by atoms with Crippen LogP contribution in [0.5, 0.6) is 0 Å². The molecule has 2 unspecified atom stereocenters. The van der Waals surface area contributed by atoms with E-state index in [9.17, 15) is 4.79 Å². The Bertz CT molecular complexity index is 195. The third kappa shape index (κ3) is 2.12. The smallest absolute Gasteiger partial charge is 0.317 e. The molecule has 1 N–H and O–H groups in total. The van der Waals surface area contributed by atoms with E-state index in [-0.39, 0.29) is 6.03 Å². The third-order valence-electron chi connectivity index (χ3n) is 2.77. The van der Waals surface area contributed by atoms with Crippen LogP contribution >= 0.6 is 0 Å². The molecule has 0 aromatic rings. The highest BCUT2D eigenvalue weighted by Crippen LogP contribution is 2.12. The van der Waals surface area contributed by atoms with Gasteiger partial charge in [0.2, 0.25) is 0 Å². The van der Waals surface area contributed by atoms with E-state index in [1.54, 1.807) is 7.05 Å². The minimum absolute atomic E-state index is 0.0347. The molecule has 0 radical (unpaired) electrons. The van der Waals surface area contributed by atoms with Crippen LogP contribution in [0.2, 0.25) is 0 Å². The van der Waals surface area contributed by atoms with Gasteiger partial charge in [0.1, 0.15) is 0 Å². The number of carbonyl (C=O) groups excluding carboxylic acids is 1. The van der Waals surface area contributed by atoms with Gasteiger partial charge in [0.05, 0.1) is 0 Å². The van der Waals surface area contributed by atoms with Gasteiger partial charge in [0, 0.05) is 32.2 Å². The first-order chi connectivity index (χ1) is 6.06. The molecular formula is C9H19N3O. The summed E-state index contributed by atoms with van der Waals surface area (Å²) in [5.74, 6) is 0. The van der Waals surface area contributed by atoms with Crippen molar-refractivity contribution in [3.05, 3.63) is 0 Å². The fourth-order valence-electron chi connectivity index (χ4n) is 1.73. The summed E-state index contributed by atoms with van der Waals surface area (Å²) in [6, 6.07) is 0.794. The number of hydrogen-bond acceptors (Lipinski definition) is 2. The topological polar surface area (TPSA) is 35.6 Å². The summed E-state index contributed by atoms with van der Waals surface area (Å²) < 4.78 is 0. The lowest BCUT2D eigenvalue weighted by atomic mass is 10.1. The molecule has 13 heavy (non-hydrogen) atoms. The fourth-order valence-corrected chi connectivity index (χ4v) is 1.73. The molecule has 2 amide bonds. The minimum Gasteiger partial charge on any atom is -0.341 e. The van der Waals surface area contributed by atoms with Gasteiger partial charge in [-0.1, -0.05) is 0 Å². The number of rotatable bonds is 0. The molecule has 0 saturated carbocycles. The van der Waals surface area contributed by atoms with Gasteiger partial charge in [-0.2, -0.15) is 0 Å². The van der Waals surface area contributed by atoms with Crippen LogP contribution in [0.15, 0.2) is 0 Å². The first-order valence-electron chi connectivity index (χ1n) is 4.74. The Morgan fingerprint density at radius 3 is 2.46 bits per heavy atom. The number of amides is 2. The Hall–Kier alpha value is -0.770. The maximum absolute atomic E-state index is 11.4. The zero-order chi connectivity index (χ0) is 10.0. The highest BCUT2D eigenvalue weighted by molar-refractivity contribution is 5.74. The van der Waals surface area contributed by atoms with Crippen molar-refractivity contribution in [1.29, 1.82) is 0 Å². The zero-order valence-electron chi connectivity index (χ0n) is 8.87. The molecular weight excluding hydrogens is 166 g/mol. The Labute approximate surface area is 79.9 Å². The molecule has 76 valence electrons. The number of piperazine rings is 1. The van der Waals surface area contributed by atoms with Gasteiger partial charge in [-0.15, -0.1) is 0 Å². The number of nitrogens with one attached hydrogen (secondary N) is 1. The van der Waals surface area contributed by atoms with E-state index in [0.29, 0.717) is 12.1 Å². The average Bonchev–Trinajstić information content (AvgIpc) is 2.10. The zero-order valence-corrected chi connectivity index (χ0v) is 8.87. The van der Waals surface area contributed by atoms with Crippen LogP contribution in [0.3, 0.4) is 0 Å². The van der Waals surface area contributed by atoms with Crippen LogP contribution in [0, 0.1) is 0 Å². The maximum Gasteiger partial charge on any atom is 0.317 e. The first-order valence-corrected chi connectivity index (χ1v) is 4.74. The van der Waals surface area contributed by atoms with E-state index >= 15 is 0 Å². The predicted octanol–water partition coefficient (Wildman–Crippen LogP) is 0.350. The predicted molar refractivity (Wildman–Crippen MR) is 52.7 cm³/mol. The van der Waals surface area contributed by atoms with Crippen molar-refractivity contribution in [2.75, 3.05) is 27.2 Å². The van der Waals surface area contributed by atoms with E-state index in [2.05, 4.69) is 31.1 Å². The van der Waals surface area contributed by atoms with Crippen molar-refractivity contribution >= 4 is 6.03 Å². The molecule has 1 aliphatic heterocycles. The largest absolute Gasteiger partial charge is 0.341 e. The van der Waals surface area contributed by atoms with Crippen molar-refractivity contribution in [2.45, 2.75) is 25.9 Å². The quantitative estimate of drug-likeness (QED) is 0.591. The van der Waals surface area contributed by atoms with Crippen LogP contribution in [-0.4, -0.2) is 55.1 Å². The molecule has 0 spiro atoms. The van der Waals surface area contributed by atoms with Crippen molar-refractivity contribution in [2.24, 2.45) is 0 Å². The second-order valence-corrected chi connectivity index (χ2v) is 3.85. The van der Waals surface area contributed by atoms with Crippen LogP contribution in [-0.2, 0) is 0 Å². The van der Waals surface area contributed by atoms with Crippen LogP contribution in [0.25, 0.3) is 0 Å². The molecule has 2 atom stereocenters. The van der Waals surface area contributed by atoms with Gasteiger partial charge in [-0.3, -0.25) is 4.90 Å². The number of hydrogen-bond donors (Lipinski definition) is 1. The highest BCUT2D eigenvalue weighted by Gasteiger charge is 2.29. The summed E-state index contributed by atoms with van der Waals surface area (Å²) in [5, 5.41) is 2.67. The summed E-state index contributed by atoms with van der Waals surface area (Å²) in [6.07, 6.45) is 0. The molecule has 1 saturated heterocycles. The van der Waals surface area contributed by atoms with Gasteiger partial charge in [0.15, 0.2) is 0 Å². The highest BCUT2D eigenvalue weighted by atomic mass is 16.2. The summed E-state index contributed by atoms with van der Waals surface area (Å²) >= 11 is 0. The summed E-state index contributed by atoms with van der Waals surface area (Å²) in [7, 11) is 3.78. The van der Waals surface area contributed by atoms with Crippen LogP contribution in [0.4, 0.5) is 4.79 Å². The Morgan fingerprint density at radius 2 is 1.92 bits per heavy atom. The molecule has 0 bridgehead atoms. The molecule has 4 nitrogen and oxygen atoms in total. The normalized spacial score (nSPS) is 30.3. The molecule has 0 aromatic carbocycles. The monoisotopic (exact) mass is 185 g/mol.